The van der Waals surface area contributed by atoms with Crippen LogP contribution in [0.2, 0.25) is 0 Å². The van der Waals surface area contributed by atoms with Crippen LogP contribution in [-0.2, 0) is 65.4 Å². The summed E-state index contributed by atoms with van der Waals surface area (Å²) < 4.78 is 68.4. The average molecular weight is 1400 g/mol. The molecule has 0 aliphatic heterocycles. The van der Waals surface area contributed by atoms with Crippen molar-refractivity contribution in [1.29, 1.82) is 0 Å². The van der Waals surface area contributed by atoms with E-state index in [1.165, 1.54) is 199 Å². The second-order valence-electron chi connectivity index (χ2n) is 28.1. The number of carbonyl (C=O) groups is 4. The maximum atomic E-state index is 13.1. The summed E-state index contributed by atoms with van der Waals surface area (Å²) in [6.45, 7) is 9.55. The number of hydrogen-bond donors (Lipinski definition) is 3. The predicted octanol–water partition coefficient (Wildman–Crippen LogP) is 22.3. The molecule has 0 radical (unpaired) electrons. The Morgan fingerprint density at radius 2 is 0.537 bits per heavy atom. The third-order valence-corrected chi connectivity index (χ3v) is 20.0. The molecular weight excluding hydrogens is 1250 g/mol. The van der Waals surface area contributed by atoms with Crippen LogP contribution < -0.4 is 0 Å². The highest BCUT2D eigenvalue weighted by molar-refractivity contribution is 7.47. The number of phosphoric ester groups is 2. The molecule has 0 rings (SSSR count). The summed E-state index contributed by atoms with van der Waals surface area (Å²) in [5.41, 5.74) is 0. The van der Waals surface area contributed by atoms with Crippen LogP contribution in [0.25, 0.3) is 0 Å². The maximum Gasteiger partial charge on any atom is 0.472 e. The molecular formula is C76H148O17P2. The van der Waals surface area contributed by atoms with Crippen LogP contribution in [-0.4, -0.2) is 96.7 Å². The Kier molecular flexibility index (Phi) is 66.5. The monoisotopic (exact) mass is 1400 g/mol. The molecule has 564 valence electrons. The van der Waals surface area contributed by atoms with Crippen molar-refractivity contribution in [3.8, 4) is 0 Å². The van der Waals surface area contributed by atoms with Crippen molar-refractivity contribution in [2.24, 2.45) is 11.8 Å². The smallest absolute Gasteiger partial charge is 0.462 e. The highest BCUT2D eigenvalue weighted by atomic mass is 31.2. The lowest BCUT2D eigenvalue weighted by Gasteiger charge is -2.21. The number of hydrogen-bond acceptors (Lipinski definition) is 15. The molecule has 3 unspecified atom stereocenters. The van der Waals surface area contributed by atoms with Gasteiger partial charge in [0.05, 0.1) is 26.4 Å². The fraction of sp³-hybridized carbons (Fsp3) is 0.947. The Balaban J connectivity index is 5.15. The molecule has 0 aliphatic rings. The number of aliphatic hydroxyl groups excluding tert-OH is 1. The van der Waals surface area contributed by atoms with Crippen LogP contribution in [0.1, 0.15) is 395 Å². The zero-order valence-electron chi connectivity index (χ0n) is 62.0. The number of esters is 4. The van der Waals surface area contributed by atoms with E-state index in [1.807, 2.05) is 0 Å². The van der Waals surface area contributed by atoms with Gasteiger partial charge in [0.15, 0.2) is 12.2 Å². The first-order valence-corrected chi connectivity index (χ1v) is 42.5. The van der Waals surface area contributed by atoms with Gasteiger partial charge in [-0.3, -0.25) is 37.3 Å². The third-order valence-electron chi connectivity index (χ3n) is 18.1. The Morgan fingerprint density at radius 3 is 0.800 bits per heavy atom. The summed E-state index contributed by atoms with van der Waals surface area (Å²) in [6, 6.07) is 0. The molecule has 0 aliphatic carbocycles. The zero-order valence-corrected chi connectivity index (χ0v) is 63.8. The van der Waals surface area contributed by atoms with Crippen molar-refractivity contribution in [2.45, 2.75) is 413 Å². The Labute approximate surface area is 581 Å². The fourth-order valence-corrected chi connectivity index (χ4v) is 13.2. The lowest BCUT2D eigenvalue weighted by molar-refractivity contribution is -0.161. The van der Waals surface area contributed by atoms with Crippen molar-refractivity contribution >= 4 is 39.5 Å². The zero-order chi connectivity index (χ0) is 70.0. The van der Waals surface area contributed by atoms with Crippen LogP contribution in [0.5, 0.6) is 0 Å². The Morgan fingerprint density at radius 1 is 0.305 bits per heavy atom. The molecule has 0 spiro atoms. The van der Waals surface area contributed by atoms with E-state index in [4.69, 9.17) is 37.0 Å². The SMILES string of the molecule is CCCCCCCCCCCCCCCCCCCCCCCCC(=O)O[C@H](COC(=O)CCCCCCCCCCCCC(C)CC)COP(=O)(O)OC[C@@H](O)COP(=O)(O)OC[C@@H](COC(=O)CCCCCCCCC)OC(=O)CCCCCCCCCCCC(C)C. The number of carbonyl (C=O) groups excluding carboxylic acids is 4. The molecule has 0 amide bonds. The first-order valence-electron chi connectivity index (χ1n) is 39.5. The average Bonchev–Trinajstić information content (AvgIpc) is 3.00. The van der Waals surface area contributed by atoms with Gasteiger partial charge in [-0.15, -0.1) is 0 Å². The number of rotatable bonds is 75. The van der Waals surface area contributed by atoms with Crippen LogP contribution >= 0.6 is 15.6 Å². The van der Waals surface area contributed by atoms with Gasteiger partial charge in [-0.2, -0.15) is 0 Å². The maximum absolute atomic E-state index is 13.1. The number of unbranched alkanes of at least 4 members (excludes halogenated alkanes) is 44. The summed E-state index contributed by atoms with van der Waals surface area (Å²) in [4.78, 5) is 72.6. The van der Waals surface area contributed by atoms with E-state index in [9.17, 15) is 43.2 Å². The standard InChI is InChI=1S/C76H148O17P2/c1-7-10-12-14-16-17-18-19-20-21-22-23-24-25-26-27-28-29-36-42-48-54-60-75(80)93-72(65-87-74(79)59-53-47-41-35-31-30-34-40-45-51-57-69(6)9-3)67-91-95(84,85)89-63-70(77)62-88-94(82,83)90-66-71(64-86-73(78)58-52-46-38-15-13-11-8-2)92-76(81)61-55-49-43-37-32-33-39-44-50-56-68(4)5/h68-72,77H,7-67H2,1-6H3,(H,82,83)(H,84,85)/t69?,70-,71+,72+/m0/s1. The van der Waals surface area contributed by atoms with Crippen LogP contribution in [0.4, 0.5) is 0 Å². The van der Waals surface area contributed by atoms with Crippen LogP contribution in [0.15, 0.2) is 0 Å². The van der Waals surface area contributed by atoms with E-state index in [-0.39, 0.29) is 25.7 Å². The van der Waals surface area contributed by atoms with Gasteiger partial charge >= 0.3 is 39.5 Å². The van der Waals surface area contributed by atoms with Crippen molar-refractivity contribution < 1.29 is 80.2 Å². The van der Waals surface area contributed by atoms with Crippen molar-refractivity contribution in [3.63, 3.8) is 0 Å². The minimum Gasteiger partial charge on any atom is -0.462 e. The second-order valence-corrected chi connectivity index (χ2v) is 31.0. The van der Waals surface area contributed by atoms with E-state index < -0.39 is 97.5 Å². The molecule has 6 atom stereocenters. The minimum absolute atomic E-state index is 0.105. The predicted molar refractivity (Wildman–Crippen MR) is 386 cm³/mol. The molecule has 0 aromatic heterocycles. The van der Waals surface area contributed by atoms with Crippen LogP contribution in [0, 0.1) is 11.8 Å². The number of ether oxygens (including phenoxy) is 4. The number of aliphatic hydroxyl groups is 1. The highest BCUT2D eigenvalue weighted by Crippen LogP contribution is 2.45. The molecule has 0 saturated heterocycles. The summed E-state index contributed by atoms with van der Waals surface area (Å²) in [5.74, 6) is -0.577. The van der Waals surface area contributed by atoms with Gasteiger partial charge in [-0.05, 0) is 37.5 Å². The van der Waals surface area contributed by atoms with E-state index in [1.54, 1.807) is 0 Å². The van der Waals surface area contributed by atoms with Gasteiger partial charge in [0.1, 0.15) is 19.3 Å². The molecule has 0 aromatic carbocycles. The van der Waals surface area contributed by atoms with Gasteiger partial charge in [0, 0.05) is 25.7 Å². The lowest BCUT2D eigenvalue weighted by Crippen LogP contribution is -2.30. The largest absolute Gasteiger partial charge is 0.472 e. The summed E-state index contributed by atoms with van der Waals surface area (Å²) in [5, 5.41) is 10.6. The van der Waals surface area contributed by atoms with E-state index >= 15 is 0 Å². The topological polar surface area (TPSA) is 237 Å². The van der Waals surface area contributed by atoms with E-state index in [2.05, 4.69) is 41.5 Å². The third kappa shape index (κ3) is 69.0. The van der Waals surface area contributed by atoms with E-state index in [0.29, 0.717) is 25.7 Å². The first kappa shape index (κ1) is 93.1. The molecule has 0 aromatic rings. The quantitative estimate of drug-likeness (QED) is 0.0222. The van der Waals surface area contributed by atoms with Crippen molar-refractivity contribution in [2.75, 3.05) is 39.6 Å². The Bertz CT molecular complexity index is 1840. The minimum atomic E-state index is -4.96. The second kappa shape index (κ2) is 67.9. The van der Waals surface area contributed by atoms with Gasteiger partial charge in [-0.1, -0.05) is 343 Å². The molecule has 0 heterocycles. The normalized spacial score (nSPS) is 14.3. The van der Waals surface area contributed by atoms with Gasteiger partial charge in [-0.25, -0.2) is 9.13 Å². The molecule has 0 saturated carbocycles. The first-order chi connectivity index (χ1) is 45.9. The van der Waals surface area contributed by atoms with Gasteiger partial charge in [0.2, 0.25) is 0 Å². The van der Waals surface area contributed by atoms with Crippen molar-refractivity contribution in [3.05, 3.63) is 0 Å². The molecule has 3 N–H and O–H groups in total. The molecule has 0 bridgehead atoms. The summed E-state index contributed by atoms with van der Waals surface area (Å²) in [6.07, 6.45) is 55.8. The molecule has 0 fully saturated rings. The molecule has 17 nitrogen and oxygen atoms in total. The lowest BCUT2D eigenvalue weighted by atomic mass is 9.99. The van der Waals surface area contributed by atoms with Crippen molar-refractivity contribution in [1.82, 2.24) is 0 Å². The van der Waals surface area contributed by atoms with E-state index in [0.717, 1.165) is 115 Å². The fourth-order valence-electron chi connectivity index (χ4n) is 11.6. The summed E-state index contributed by atoms with van der Waals surface area (Å²) in [7, 11) is -9.90. The molecule has 95 heavy (non-hydrogen) atoms. The van der Waals surface area contributed by atoms with Crippen LogP contribution in [0.3, 0.4) is 0 Å². The summed E-state index contributed by atoms with van der Waals surface area (Å²) >= 11 is 0. The molecule has 19 heteroatoms. The number of phosphoric acid groups is 2. The highest BCUT2D eigenvalue weighted by Gasteiger charge is 2.30. The van der Waals surface area contributed by atoms with Gasteiger partial charge in [0.25, 0.3) is 0 Å². The van der Waals surface area contributed by atoms with Gasteiger partial charge < -0.3 is 33.8 Å². The Hall–Kier alpha value is -1.94.